The second-order valence-corrected chi connectivity index (χ2v) is 34.4. The first kappa shape index (κ1) is 115. The Bertz CT molecular complexity index is 6720. The van der Waals surface area contributed by atoms with Crippen molar-refractivity contribution >= 4 is 29.7 Å². The van der Waals surface area contributed by atoms with Crippen LogP contribution in [-0.4, -0.2) is 57.2 Å². The number of carbonyl (C=O) groups is 4. The van der Waals surface area contributed by atoms with Crippen LogP contribution in [0.1, 0.15) is 140 Å². The molecule has 0 aliphatic rings. The predicted octanol–water partition coefficient (Wildman–Crippen LogP) is 28.9. The van der Waals surface area contributed by atoms with Crippen molar-refractivity contribution in [2.75, 3.05) is 33.6 Å². The summed E-state index contributed by atoms with van der Waals surface area (Å²) in [7, 11) is 1.44. The van der Waals surface area contributed by atoms with Crippen molar-refractivity contribution in [1.82, 2.24) is 21.3 Å². The van der Waals surface area contributed by atoms with E-state index in [-0.39, 0.29) is 94.5 Å². The average molecular weight is 2110 g/mol. The topological polar surface area (TPSA) is 135 Å². The minimum Gasteiger partial charge on any atom is -0.382 e. The maximum absolute atomic E-state index is 14.8. The molecule has 4 amide bonds. The molecule has 14 aromatic rings. The summed E-state index contributed by atoms with van der Waals surface area (Å²) in [6.45, 7) is 1.09. The predicted molar refractivity (Wildman–Crippen MR) is 507 cm³/mol. The highest BCUT2D eigenvalue weighted by atomic mass is 19.4. The van der Waals surface area contributed by atoms with Crippen molar-refractivity contribution in [2.24, 2.45) is 0 Å². The van der Waals surface area contributed by atoms with Gasteiger partial charge in [0, 0.05) is 38.4 Å². The van der Waals surface area contributed by atoms with E-state index in [9.17, 15) is 138 Å². The van der Waals surface area contributed by atoms with Crippen LogP contribution >= 0.6 is 0 Å². The Morgan fingerprint density at radius 3 is 0.753 bits per heavy atom. The summed E-state index contributed by atoms with van der Waals surface area (Å²) < 4.78 is 380. The van der Waals surface area contributed by atoms with Gasteiger partial charge in [-0.1, -0.05) is 255 Å². The van der Waals surface area contributed by atoms with Crippen LogP contribution in [0.2, 0.25) is 0 Å². The number of rotatable bonds is 29. The Balaban J connectivity index is 0.000000190. The number of aryl methyl sites for hydroxylation is 1. The fourth-order valence-electron chi connectivity index (χ4n) is 16.6. The minimum absolute atomic E-state index is 0.00800. The summed E-state index contributed by atoms with van der Waals surface area (Å²) in [6, 6.07) is 76.7. The molecule has 0 unspecified atom stereocenters. The highest BCUT2D eigenvalue weighted by molar-refractivity contribution is 5.98. The second-order valence-electron chi connectivity index (χ2n) is 34.4. The Morgan fingerprint density at radius 2 is 0.507 bits per heavy atom. The molecule has 0 radical (unpaired) electrons. The van der Waals surface area contributed by atoms with E-state index < -0.39 is 170 Å². The van der Waals surface area contributed by atoms with Crippen LogP contribution in [0.4, 0.5) is 119 Å². The van der Waals surface area contributed by atoms with Crippen LogP contribution in [0.25, 0.3) is 6.08 Å². The zero-order valence-electron chi connectivity index (χ0n) is 79.0. The molecule has 0 spiro atoms. The molecule has 0 heterocycles. The Hall–Kier alpha value is -15.3. The van der Waals surface area contributed by atoms with Gasteiger partial charge in [-0.2, -0.15) is 105 Å². The van der Waals surface area contributed by atoms with Gasteiger partial charge >= 0.3 is 49.4 Å². The third-order valence-corrected chi connectivity index (χ3v) is 23.9. The van der Waals surface area contributed by atoms with Crippen LogP contribution < -0.4 is 21.3 Å². The molecular formula is C113H89F27N4O6. The molecule has 4 N–H and O–H groups in total. The molecule has 14 aromatic carbocycles. The molecule has 14 rings (SSSR count). The van der Waals surface area contributed by atoms with Gasteiger partial charge in [-0.25, -0.2) is 13.2 Å². The van der Waals surface area contributed by atoms with Crippen LogP contribution in [0.5, 0.6) is 0 Å². The standard InChI is InChI=1S/C32H25F6NO.C30H21F8NO.C27H25F6NO3.C24H18F7NO/c1-22(18-23-10-4-2-5-11-23)29(40)39-30(21-24-12-6-3-7-13-24,25-14-8-16-27(19-25)31(33,34)35)26-15-9-17-28(20-26)32(36,37)38;1-18-13-14-24(26(32)25(18)31)27(40)39-28(17-19-7-3-2-4-8-19,20-9-5-11-22(15-20)29(33,34)35)21-10-6-12-23(16-21)30(36,37)38;1-36-13-14-37-18-24(35)34-25(17-19-7-3-2-4-8-19,20-9-5-11-22(15-20)26(28,29)30)21-10-6-12-23(16-21)27(31,32)33;25-15-21(33)32-22(14-16-6-2-1-3-7-16,17-8-4-10-19(12-17)23(26,27)28)18-9-5-11-20(13-18)24(29,30)31/h2-20H,21H2,1H3,(H,39,40);2-16H,17H2,1H3,(H,39,40);2-12,15-16H,13-14,17-18H2,1H3,(H,34,35);1-13H,14-15H2,(H,32,33)/b22-18+;;;. The van der Waals surface area contributed by atoms with Gasteiger partial charge in [0.2, 0.25) is 11.8 Å². The lowest BCUT2D eigenvalue weighted by Gasteiger charge is -2.37. The van der Waals surface area contributed by atoms with Gasteiger partial charge in [0.1, 0.15) is 6.61 Å². The average Bonchev–Trinajstić information content (AvgIpc) is 0.762. The van der Waals surface area contributed by atoms with E-state index in [1.54, 1.807) is 158 Å². The molecule has 0 atom stereocenters. The van der Waals surface area contributed by atoms with Crippen molar-refractivity contribution in [3.05, 3.63) is 503 Å². The zero-order chi connectivity index (χ0) is 110. The maximum Gasteiger partial charge on any atom is 0.416 e. The van der Waals surface area contributed by atoms with E-state index in [0.717, 1.165) is 146 Å². The van der Waals surface area contributed by atoms with Crippen molar-refractivity contribution in [3.8, 4) is 0 Å². The third kappa shape index (κ3) is 29.9. The smallest absolute Gasteiger partial charge is 0.382 e. The first-order valence-corrected chi connectivity index (χ1v) is 45.2. The molecule has 786 valence electrons. The first-order valence-electron chi connectivity index (χ1n) is 45.2. The molecule has 37 heteroatoms. The van der Waals surface area contributed by atoms with E-state index in [1.165, 1.54) is 81.6 Å². The number of carbonyl (C=O) groups excluding carboxylic acids is 4. The van der Waals surface area contributed by atoms with E-state index in [4.69, 9.17) is 9.47 Å². The van der Waals surface area contributed by atoms with Gasteiger partial charge in [0.05, 0.1) is 85.4 Å². The number of nitrogens with one attached hydrogen (secondary N) is 4. The Kier molecular flexibility index (Phi) is 37.1. The number of ether oxygens (including phenoxy) is 2. The summed E-state index contributed by atoms with van der Waals surface area (Å²) in [5.41, 5.74) is -14.5. The highest BCUT2D eigenvalue weighted by Gasteiger charge is 2.48. The molecule has 0 saturated carbocycles. The molecule has 0 fully saturated rings. The van der Waals surface area contributed by atoms with Crippen molar-refractivity contribution in [3.63, 3.8) is 0 Å². The lowest BCUT2D eigenvalue weighted by atomic mass is 9.76. The Morgan fingerprint density at radius 1 is 0.273 bits per heavy atom. The van der Waals surface area contributed by atoms with Crippen molar-refractivity contribution in [2.45, 2.75) is 111 Å². The van der Waals surface area contributed by atoms with E-state index >= 15 is 0 Å². The van der Waals surface area contributed by atoms with Crippen molar-refractivity contribution in [1.29, 1.82) is 0 Å². The van der Waals surface area contributed by atoms with Gasteiger partial charge in [0.15, 0.2) is 18.3 Å². The lowest BCUT2D eigenvalue weighted by Crippen LogP contribution is -2.50. The maximum atomic E-state index is 14.8. The lowest BCUT2D eigenvalue weighted by molar-refractivity contribution is -0.138. The first-order chi connectivity index (χ1) is 70.5. The molecule has 0 bridgehead atoms. The monoisotopic (exact) mass is 2110 g/mol. The quantitative estimate of drug-likeness (QED) is 0.0210. The summed E-state index contributed by atoms with van der Waals surface area (Å²) in [5.74, 6) is -6.59. The van der Waals surface area contributed by atoms with E-state index in [0.29, 0.717) is 27.8 Å². The molecule has 0 aromatic heterocycles. The second kappa shape index (κ2) is 48.4. The fraction of sp³-hybridized carbons (Fsp3) is 0.204. The number of alkyl halides is 25. The molecule has 0 aliphatic heterocycles. The fourth-order valence-corrected chi connectivity index (χ4v) is 16.6. The normalized spacial score (nSPS) is 12.5. The minimum atomic E-state index is -4.82. The third-order valence-electron chi connectivity index (χ3n) is 23.9. The molecule has 0 aliphatic carbocycles. The summed E-state index contributed by atoms with van der Waals surface area (Å²) in [5, 5.41) is 10.4. The van der Waals surface area contributed by atoms with Crippen LogP contribution in [-0.2, 0) is 121 Å². The van der Waals surface area contributed by atoms with Gasteiger partial charge < -0.3 is 30.7 Å². The number of hydrogen-bond acceptors (Lipinski definition) is 6. The zero-order valence-corrected chi connectivity index (χ0v) is 79.0. The number of amides is 4. The highest BCUT2D eigenvalue weighted by Crippen LogP contribution is 2.48. The van der Waals surface area contributed by atoms with Crippen molar-refractivity contribution < 1.29 is 147 Å². The van der Waals surface area contributed by atoms with Crippen LogP contribution in [0, 0.1) is 18.6 Å². The number of benzene rings is 14. The number of hydrogen-bond donors (Lipinski definition) is 4. The van der Waals surface area contributed by atoms with Gasteiger partial charge in [-0.3, -0.25) is 19.2 Å². The van der Waals surface area contributed by atoms with Crippen LogP contribution in [0.3, 0.4) is 0 Å². The van der Waals surface area contributed by atoms with E-state index in [2.05, 4.69) is 21.3 Å². The molecule has 0 saturated heterocycles. The molecular weight excluding hydrogens is 2020 g/mol. The SMILES string of the molecule is C/C(=C\c1ccccc1)C(=O)NC(Cc1ccccc1)(c1cccc(C(F)(F)F)c1)c1cccc(C(F)(F)F)c1.COCCOCC(=O)NC(Cc1ccccc1)(c1cccc(C(F)(F)F)c1)c1cccc(C(F)(F)F)c1.Cc1ccc(C(=O)NC(Cc2ccccc2)(c2cccc(C(F)(F)F)c2)c2cccc(C(F)(F)F)c2)c(F)c1F.O=C(CF)NC(Cc1ccccc1)(c1cccc(C(F)(F)F)c1)c1cccc(C(F)(F)F)c1. The van der Waals surface area contributed by atoms with Gasteiger partial charge in [-0.15, -0.1) is 0 Å². The Labute approximate surface area is 842 Å². The largest absolute Gasteiger partial charge is 0.416 e. The number of halogens is 27. The molecule has 10 nitrogen and oxygen atoms in total. The molecule has 150 heavy (non-hydrogen) atoms. The van der Waals surface area contributed by atoms with E-state index in [1.807, 2.05) is 0 Å². The van der Waals surface area contributed by atoms with Gasteiger partial charge in [-0.05, 0) is 201 Å². The van der Waals surface area contributed by atoms with Gasteiger partial charge in [0.25, 0.3) is 11.8 Å². The van der Waals surface area contributed by atoms with Crippen LogP contribution in [0.15, 0.2) is 363 Å². The summed E-state index contributed by atoms with van der Waals surface area (Å²) in [4.78, 5) is 52.3. The summed E-state index contributed by atoms with van der Waals surface area (Å²) in [6.07, 6.45) is -37.2. The summed E-state index contributed by atoms with van der Waals surface area (Å²) >= 11 is 0. The number of methoxy groups -OCH3 is 1.